The molecule has 54 valence electrons. The molecule has 0 atom stereocenters. The van der Waals surface area contributed by atoms with Crippen molar-refractivity contribution in [2.75, 3.05) is 13.6 Å². The average molecular weight is 151 g/mol. The highest BCUT2D eigenvalue weighted by Gasteiger charge is 2.09. The van der Waals surface area contributed by atoms with E-state index in [1.807, 2.05) is 0 Å². The third-order valence-electron chi connectivity index (χ3n) is 0.780. The van der Waals surface area contributed by atoms with Crippen molar-refractivity contribution >= 4 is 10.3 Å². The predicted molar refractivity (Wildman–Crippen MR) is 34.4 cm³/mol. The summed E-state index contributed by atoms with van der Waals surface area (Å²) >= 11 is 0. The molecule has 0 radical (unpaired) electrons. The first-order valence-electron chi connectivity index (χ1n) is 2.28. The van der Waals surface area contributed by atoms with Gasteiger partial charge < -0.3 is 0 Å². The van der Waals surface area contributed by atoms with Gasteiger partial charge in [-0.15, -0.1) is 6.58 Å². The lowest BCUT2D eigenvalue weighted by molar-refractivity contribution is 0.403. The molecule has 0 bridgehead atoms. The molecule has 9 heavy (non-hydrogen) atoms. The van der Waals surface area contributed by atoms with Crippen molar-refractivity contribution in [3.63, 3.8) is 0 Å². The van der Waals surface area contributed by atoms with Crippen molar-refractivity contribution in [2.24, 2.45) is 0 Å². The zero-order chi connectivity index (χ0) is 7.49. The summed E-state index contributed by atoms with van der Waals surface area (Å²) in [7, 11) is -2.74. The summed E-state index contributed by atoms with van der Waals surface area (Å²) in [6, 6.07) is 0. The quantitative estimate of drug-likeness (QED) is 0.453. The molecule has 0 aromatic heterocycles. The van der Waals surface area contributed by atoms with Crippen molar-refractivity contribution in [3.05, 3.63) is 12.7 Å². The molecule has 0 amide bonds. The van der Waals surface area contributed by atoms with Crippen LogP contribution in [0.4, 0.5) is 0 Å². The van der Waals surface area contributed by atoms with Gasteiger partial charge in [0.2, 0.25) is 0 Å². The predicted octanol–water partition coefficient (Wildman–Crippen LogP) is -0.0930. The molecule has 0 aromatic rings. The number of nitrogens with zero attached hydrogens (tertiary/aromatic N) is 1. The van der Waals surface area contributed by atoms with Crippen LogP contribution < -0.4 is 0 Å². The fraction of sp³-hybridized carbons (Fsp3) is 0.500. The van der Waals surface area contributed by atoms with E-state index in [1.54, 1.807) is 0 Å². The Bertz CT molecular complexity index is 184. The standard InChI is InChI=1S/C4H9NO3S/c1-3-4-5(2)9(6,7)8/h3H,1,4H2,2H3,(H,6,7,8). The minimum Gasteiger partial charge on any atom is -0.273 e. The van der Waals surface area contributed by atoms with E-state index in [4.69, 9.17) is 4.55 Å². The molecule has 0 aromatic carbocycles. The number of hydrogen-bond acceptors (Lipinski definition) is 2. The van der Waals surface area contributed by atoms with Crippen molar-refractivity contribution in [3.8, 4) is 0 Å². The van der Waals surface area contributed by atoms with Crippen LogP contribution >= 0.6 is 0 Å². The van der Waals surface area contributed by atoms with Gasteiger partial charge in [-0.05, 0) is 0 Å². The van der Waals surface area contributed by atoms with Crippen molar-refractivity contribution in [1.82, 2.24) is 4.31 Å². The number of likely N-dealkylation sites (N-methyl/N-ethyl adjacent to an activating group) is 1. The van der Waals surface area contributed by atoms with Crippen LogP contribution in [0.5, 0.6) is 0 Å². The largest absolute Gasteiger partial charge is 0.335 e. The summed E-state index contributed by atoms with van der Waals surface area (Å²) in [5.41, 5.74) is 0. The summed E-state index contributed by atoms with van der Waals surface area (Å²) in [6.45, 7) is 3.42. The fourth-order valence-corrected chi connectivity index (χ4v) is 0.570. The average Bonchev–Trinajstić information content (AvgIpc) is 1.64. The third-order valence-corrected chi connectivity index (χ3v) is 1.72. The fourth-order valence-electron chi connectivity index (χ4n) is 0.276. The van der Waals surface area contributed by atoms with E-state index in [9.17, 15) is 8.42 Å². The summed E-state index contributed by atoms with van der Waals surface area (Å²) in [4.78, 5) is 0. The molecule has 0 aliphatic carbocycles. The van der Waals surface area contributed by atoms with E-state index in [2.05, 4.69) is 6.58 Å². The highest BCUT2D eigenvalue weighted by atomic mass is 32.2. The van der Waals surface area contributed by atoms with Crippen LogP contribution in [0.3, 0.4) is 0 Å². The maximum absolute atomic E-state index is 10.2. The Hall–Kier alpha value is -0.390. The lowest BCUT2D eigenvalue weighted by atomic mass is 10.6. The summed E-state index contributed by atoms with van der Waals surface area (Å²) in [6.07, 6.45) is 1.38. The Balaban J connectivity index is 4.05. The van der Waals surface area contributed by atoms with Crippen LogP contribution in [0.15, 0.2) is 12.7 Å². The molecule has 0 spiro atoms. The first-order chi connectivity index (χ1) is 3.98. The lowest BCUT2D eigenvalue weighted by Crippen LogP contribution is -2.25. The molecule has 0 fully saturated rings. The van der Waals surface area contributed by atoms with E-state index >= 15 is 0 Å². The second kappa shape index (κ2) is 2.95. The second-order valence-electron chi connectivity index (χ2n) is 1.55. The molecular formula is C4H9NO3S. The van der Waals surface area contributed by atoms with Crippen LogP contribution in [0.2, 0.25) is 0 Å². The Kier molecular flexibility index (Phi) is 2.83. The van der Waals surface area contributed by atoms with Crippen LogP contribution in [0.1, 0.15) is 0 Å². The molecule has 0 unspecified atom stereocenters. The Morgan fingerprint density at radius 3 is 2.33 bits per heavy atom. The van der Waals surface area contributed by atoms with Gasteiger partial charge >= 0.3 is 10.3 Å². The zero-order valence-corrected chi connectivity index (χ0v) is 5.93. The molecule has 0 aliphatic rings. The van der Waals surface area contributed by atoms with Gasteiger partial charge in [-0.2, -0.15) is 12.7 Å². The summed E-state index contributed by atoms with van der Waals surface area (Å²) < 4.78 is 29.4. The first-order valence-corrected chi connectivity index (χ1v) is 3.68. The Morgan fingerprint density at radius 1 is 1.78 bits per heavy atom. The third kappa shape index (κ3) is 3.23. The summed E-state index contributed by atoms with van der Waals surface area (Å²) in [5, 5.41) is 0. The van der Waals surface area contributed by atoms with Gasteiger partial charge in [0.05, 0.1) is 0 Å². The topological polar surface area (TPSA) is 57.6 Å². The van der Waals surface area contributed by atoms with Crippen molar-refractivity contribution < 1.29 is 13.0 Å². The normalized spacial score (nSPS) is 11.9. The van der Waals surface area contributed by atoms with Gasteiger partial charge in [0.25, 0.3) is 0 Å². The van der Waals surface area contributed by atoms with Crippen LogP contribution in [-0.4, -0.2) is 30.9 Å². The molecule has 0 saturated carbocycles. The van der Waals surface area contributed by atoms with E-state index in [1.165, 1.54) is 13.1 Å². The van der Waals surface area contributed by atoms with Crippen molar-refractivity contribution in [2.45, 2.75) is 0 Å². The van der Waals surface area contributed by atoms with Gasteiger partial charge in [0, 0.05) is 13.6 Å². The van der Waals surface area contributed by atoms with Crippen LogP contribution in [-0.2, 0) is 10.3 Å². The zero-order valence-electron chi connectivity index (χ0n) is 5.11. The summed E-state index contributed by atoms with van der Waals surface area (Å²) in [5.74, 6) is 0. The van der Waals surface area contributed by atoms with E-state index in [0.29, 0.717) is 0 Å². The van der Waals surface area contributed by atoms with Gasteiger partial charge in [-0.25, -0.2) is 0 Å². The van der Waals surface area contributed by atoms with Crippen molar-refractivity contribution in [1.29, 1.82) is 0 Å². The number of rotatable bonds is 3. The van der Waals surface area contributed by atoms with E-state index < -0.39 is 10.3 Å². The second-order valence-corrected chi connectivity index (χ2v) is 3.07. The molecular weight excluding hydrogens is 142 g/mol. The molecule has 1 N–H and O–H groups in total. The minimum atomic E-state index is -4.00. The molecule has 0 saturated heterocycles. The van der Waals surface area contributed by atoms with Crippen LogP contribution in [0.25, 0.3) is 0 Å². The highest BCUT2D eigenvalue weighted by Crippen LogP contribution is 1.89. The van der Waals surface area contributed by atoms with Gasteiger partial charge in [0.15, 0.2) is 0 Å². The van der Waals surface area contributed by atoms with E-state index in [-0.39, 0.29) is 6.54 Å². The molecule has 0 heterocycles. The molecule has 0 rings (SSSR count). The first kappa shape index (κ1) is 8.61. The van der Waals surface area contributed by atoms with Gasteiger partial charge in [-0.3, -0.25) is 4.55 Å². The maximum Gasteiger partial charge on any atom is 0.335 e. The van der Waals surface area contributed by atoms with Crippen LogP contribution in [0, 0.1) is 0 Å². The molecule has 5 heteroatoms. The Morgan fingerprint density at radius 2 is 2.22 bits per heavy atom. The van der Waals surface area contributed by atoms with Gasteiger partial charge in [0.1, 0.15) is 0 Å². The lowest BCUT2D eigenvalue weighted by Gasteiger charge is -2.07. The SMILES string of the molecule is C=CCN(C)S(=O)(=O)O. The highest BCUT2D eigenvalue weighted by molar-refractivity contribution is 7.83. The minimum absolute atomic E-state index is 0.124. The molecule has 4 nitrogen and oxygen atoms in total. The van der Waals surface area contributed by atoms with E-state index in [0.717, 1.165) is 4.31 Å². The monoisotopic (exact) mass is 151 g/mol. The maximum atomic E-state index is 10.2. The number of hydrogen-bond donors (Lipinski definition) is 1. The van der Waals surface area contributed by atoms with Gasteiger partial charge in [-0.1, -0.05) is 6.08 Å². The Labute approximate surface area is 54.7 Å². The molecule has 0 aliphatic heterocycles. The smallest absolute Gasteiger partial charge is 0.273 e.